The van der Waals surface area contributed by atoms with E-state index in [0.717, 1.165) is 24.9 Å². The molecule has 0 saturated carbocycles. The number of carbonyl (C=O) groups excluding carboxylic acids is 2. The monoisotopic (exact) mass is 386 g/mol. The van der Waals surface area contributed by atoms with Gasteiger partial charge in [-0.1, -0.05) is 25.5 Å². The highest BCUT2D eigenvalue weighted by molar-refractivity contribution is 5.96. The average molecular weight is 386 g/mol. The molecule has 0 spiro atoms. The highest BCUT2D eigenvalue weighted by Crippen LogP contribution is 2.15. The van der Waals surface area contributed by atoms with Gasteiger partial charge in [-0.05, 0) is 47.3 Å². The fourth-order valence-corrected chi connectivity index (χ4v) is 3.16. The molecule has 0 unspecified atom stereocenters. The quantitative estimate of drug-likeness (QED) is 0.815. The number of aryl methyl sites for hydroxylation is 1. The van der Waals surface area contributed by atoms with E-state index in [-0.39, 0.29) is 23.5 Å². The molecule has 1 aliphatic heterocycles. The number of anilines is 2. The maximum absolute atomic E-state index is 12.6. The van der Waals surface area contributed by atoms with Gasteiger partial charge in [-0.15, -0.1) is 0 Å². The molecule has 2 aromatic rings. The third-order valence-corrected chi connectivity index (χ3v) is 4.81. The Balaban J connectivity index is 1.54. The van der Waals surface area contributed by atoms with Gasteiger partial charge in [0.2, 0.25) is 11.5 Å². The van der Waals surface area contributed by atoms with Crippen molar-refractivity contribution < 1.29 is 14.2 Å². The van der Waals surface area contributed by atoms with Crippen LogP contribution in [0.5, 0.6) is 0 Å². The summed E-state index contributed by atoms with van der Waals surface area (Å²) >= 11 is 0. The van der Waals surface area contributed by atoms with E-state index >= 15 is 0 Å². The molecule has 3 amide bonds. The number of nitrogens with zero attached hydrogens (tertiary/aromatic N) is 4. The van der Waals surface area contributed by atoms with Gasteiger partial charge < -0.3 is 20.9 Å². The summed E-state index contributed by atoms with van der Waals surface area (Å²) in [6.45, 7) is 4.08. The highest BCUT2D eigenvalue weighted by atomic mass is 16.6. The molecule has 1 fully saturated rings. The van der Waals surface area contributed by atoms with E-state index in [9.17, 15) is 9.59 Å². The third-order valence-electron chi connectivity index (χ3n) is 4.81. The summed E-state index contributed by atoms with van der Waals surface area (Å²) in [5.74, 6) is -0.352. The zero-order valence-electron chi connectivity index (χ0n) is 16.1. The summed E-state index contributed by atoms with van der Waals surface area (Å²) < 4.78 is 4.50. The SMILES string of the molecule is CCCCc1ccc(NC(=O)N2CCCN(C(=O)c3nonc3N)CC2)cc1. The van der Waals surface area contributed by atoms with Crippen molar-refractivity contribution in [3.05, 3.63) is 35.5 Å². The first-order valence-corrected chi connectivity index (χ1v) is 9.60. The molecule has 3 N–H and O–H groups in total. The lowest BCUT2D eigenvalue weighted by atomic mass is 10.1. The number of nitrogens with one attached hydrogen (secondary N) is 1. The molecule has 2 heterocycles. The second-order valence-electron chi connectivity index (χ2n) is 6.86. The lowest BCUT2D eigenvalue weighted by Gasteiger charge is -2.22. The maximum Gasteiger partial charge on any atom is 0.321 e. The minimum absolute atomic E-state index is 0.0149. The van der Waals surface area contributed by atoms with Crippen LogP contribution in [0.1, 0.15) is 42.2 Å². The Labute approximate surface area is 163 Å². The molecular formula is C19H26N6O3. The molecule has 1 aromatic carbocycles. The third kappa shape index (κ3) is 4.79. The van der Waals surface area contributed by atoms with Crippen LogP contribution in [0.2, 0.25) is 0 Å². The largest absolute Gasteiger partial charge is 0.379 e. The fraction of sp³-hybridized carbons (Fsp3) is 0.474. The fourth-order valence-electron chi connectivity index (χ4n) is 3.16. The van der Waals surface area contributed by atoms with Crippen molar-refractivity contribution in [1.29, 1.82) is 0 Å². The Morgan fingerprint density at radius 1 is 1.11 bits per heavy atom. The van der Waals surface area contributed by atoms with E-state index in [1.807, 2.05) is 24.3 Å². The van der Waals surface area contributed by atoms with Crippen LogP contribution in [0, 0.1) is 0 Å². The molecule has 3 rings (SSSR count). The zero-order chi connectivity index (χ0) is 19.9. The predicted molar refractivity (Wildman–Crippen MR) is 105 cm³/mol. The van der Waals surface area contributed by atoms with E-state index in [2.05, 4.69) is 27.2 Å². The summed E-state index contributed by atoms with van der Waals surface area (Å²) in [4.78, 5) is 28.4. The van der Waals surface area contributed by atoms with Gasteiger partial charge in [-0.25, -0.2) is 9.42 Å². The second kappa shape index (κ2) is 9.20. The first kappa shape index (κ1) is 19.7. The predicted octanol–water partition coefficient (Wildman–Crippen LogP) is 2.37. The Morgan fingerprint density at radius 2 is 1.82 bits per heavy atom. The van der Waals surface area contributed by atoms with E-state index in [0.29, 0.717) is 32.6 Å². The molecule has 0 radical (unpaired) electrons. The number of hydrogen-bond donors (Lipinski definition) is 2. The van der Waals surface area contributed by atoms with Crippen LogP contribution < -0.4 is 11.1 Å². The lowest BCUT2D eigenvalue weighted by Crippen LogP contribution is -2.39. The van der Waals surface area contributed by atoms with Crippen molar-refractivity contribution in [1.82, 2.24) is 20.1 Å². The number of nitrogens with two attached hydrogens (primary N) is 1. The molecule has 28 heavy (non-hydrogen) atoms. The summed E-state index contributed by atoms with van der Waals surface area (Å²) in [5.41, 5.74) is 7.65. The van der Waals surface area contributed by atoms with Crippen LogP contribution in [0.4, 0.5) is 16.3 Å². The maximum atomic E-state index is 12.6. The first-order valence-electron chi connectivity index (χ1n) is 9.60. The van der Waals surface area contributed by atoms with Gasteiger partial charge >= 0.3 is 6.03 Å². The van der Waals surface area contributed by atoms with Gasteiger partial charge in [0, 0.05) is 31.9 Å². The van der Waals surface area contributed by atoms with E-state index in [1.165, 1.54) is 5.56 Å². The van der Waals surface area contributed by atoms with Crippen molar-refractivity contribution >= 4 is 23.4 Å². The summed E-state index contributed by atoms with van der Waals surface area (Å²) in [6, 6.07) is 7.78. The Hall–Kier alpha value is -3.10. The number of benzene rings is 1. The van der Waals surface area contributed by atoms with Gasteiger partial charge in [0.15, 0.2) is 0 Å². The zero-order valence-corrected chi connectivity index (χ0v) is 16.1. The number of rotatable bonds is 5. The van der Waals surface area contributed by atoms with Crippen molar-refractivity contribution in [2.24, 2.45) is 0 Å². The second-order valence-corrected chi connectivity index (χ2v) is 6.86. The topological polar surface area (TPSA) is 118 Å². The van der Waals surface area contributed by atoms with Crippen LogP contribution in [0.3, 0.4) is 0 Å². The smallest absolute Gasteiger partial charge is 0.321 e. The van der Waals surface area contributed by atoms with Crippen molar-refractivity contribution in [3.63, 3.8) is 0 Å². The Morgan fingerprint density at radius 3 is 2.50 bits per heavy atom. The molecule has 0 bridgehead atoms. The molecule has 0 aliphatic carbocycles. The van der Waals surface area contributed by atoms with Gasteiger partial charge in [0.1, 0.15) is 0 Å². The minimum atomic E-state index is -0.330. The van der Waals surface area contributed by atoms with Gasteiger partial charge in [0.25, 0.3) is 5.91 Å². The van der Waals surface area contributed by atoms with Crippen LogP contribution in [0.15, 0.2) is 28.9 Å². The number of urea groups is 1. The molecule has 9 nitrogen and oxygen atoms in total. The number of amides is 3. The number of unbranched alkanes of at least 4 members (excludes halogenated alkanes) is 1. The van der Waals surface area contributed by atoms with Crippen LogP contribution in [0.25, 0.3) is 0 Å². The van der Waals surface area contributed by atoms with E-state index < -0.39 is 0 Å². The molecule has 0 atom stereocenters. The average Bonchev–Trinajstić information content (AvgIpc) is 2.98. The first-order chi connectivity index (χ1) is 13.6. The molecule has 9 heteroatoms. The van der Waals surface area contributed by atoms with Crippen LogP contribution in [-0.2, 0) is 6.42 Å². The number of nitrogen functional groups attached to an aromatic ring is 1. The standard InChI is InChI=1S/C19H26N6O3/c1-2-3-5-14-6-8-15(9-7-14)21-19(27)25-11-4-10-24(12-13-25)18(26)16-17(20)23-28-22-16/h6-9H,2-5,10-13H2,1H3,(H2,20,23)(H,21,27). The van der Waals surface area contributed by atoms with Crippen LogP contribution >= 0.6 is 0 Å². The summed E-state index contributed by atoms with van der Waals surface area (Å²) in [7, 11) is 0. The van der Waals surface area contributed by atoms with Gasteiger partial charge in [-0.3, -0.25) is 4.79 Å². The Bertz CT molecular complexity index is 804. The van der Waals surface area contributed by atoms with E-state index in [1.54, 1.807) is 9.80 Å². The molecule has 1 saturated heterocycles. The molecule has 150 valence electrons. The van der Waals surface area contributed by atoms with Crippen LogP contribution in [-0.4, -0.2) is 58.2 Å². The molecular weight excluding hydrogens is 360 g/mol. The van der Waals surface area contributed by atoms with Gasteiger partial charge in [0.05, 0.1) is 0 Å². The van der Waals surface area contributed by atoms with Gasteiger partial charge in [-0.2, -0.15) is 0 Å². The van der Waals surface area contributed by atoms with Crippen molar-refractivity contribution in [3.8, 4) is 0 Å². The number of hydrogen-bond acceptors (Lipinski definition) is 6. The molecule has 1 aliphatic rings. The van der Waals surface area contributed by atoms with Crippen molar-refractivity contribution in [2.45, 2.75) is 32.6 Å². The van der Waals surface area contributed by atoms with E-state index in [4.69, 9.17) is 5.73 Å². The number of carbonyl (C=O) groups is 2. The van der Waals surface area contributed by atoms with Crippen molar-refractivity contribution in [2.75, 3.05) is 37.2 Å². The number of aromatic nitrogens is 2. The lowest BCUT2D eigenvalue weighted by molar-refractivity contribution is 0.0752. The Kier molecular flexibility index (Phi) is 6.46. The summed E-state index contributed by atoms with van der Waals surface area (Å²) in [5, 5.41) is 9.93. The summed E-state index contributed by atoms with van der Waals surface area (Å²) in [6.07, 6.45) is 4.03. The minimum Gasteiger partial charge on any atom is -0.379 e. The molecule has 1 aromatic heterocycles. The normalized spacial score (nSPS) is 14.6. The highest BCUT2D eigenvalue weighted by Gasteiger charge is 2.26.